The topological polar surface area (TPSA) is 116 Å². The van der Waals surface area contributed by atoms with Gasteiger partial charge in [0, 0.05) is 0 Å². The number of aryl methyl sites for hydroxylation is 1. The van der Waals surface area contributed by atoms with Crippen molar-refractivity contribution >= 4 is 17.1 Å². The maximum absolute atomic E-state index is 12.0. The number of nitro groups is 1. The van der Waals surface area contributed by atoms with Crippen LogP contribution in [0.25, 0.3) is 11.2 Å². The first kappa shape index (κ1) is 13.7. The summed E-state index contributed by atoms with van der Waals surface area (Å²) in [6.45, 7) is 0.154. The number of benzene rings is 1. The van der Waals surface area contributed by atoms with Gasteiger partial charge in [-0.15, -0.1) is 0 Å². The second-order valence-corrected chi connectivity index (χ2v) is 4.73. The molecule has 1 aromatic carbocycles. The summed E-state index contributed by atoms with van der Waals surface area (Å²) < 4.78 is 2.27. The fraction of sp³-hybridized carbons (Fsp3) is 0.154. The van der Waals surface area contributed by atoms with E-state index in [0.29, 0.717) is 0 Å². The minimum absolute atomic E-state index is 0.00759. The van der Waals surface area contributed by atoms with Crippen molar-refractivity contribution in [3.63, 3.8) is 0 Å². The number of hydrogen-bond acceptors (Lipinski definition) is 5. The lowest BCUT2D eigenvalue weighted by atomic mass is 10.2. The largest absolute Gasteiger partial charge is 0.437 e. The number of nitrogens with one attached hydrogen (secondary N) is 1. The van der Waals surface area contributed by atoms with Gasteiger partial charge in [-0.25, -0.2) is 9.36 Å². The lowest BCUT2D eigenvalue weighted by molar-refractivity contribution is -0.396. The van der Waals surface area contributed by atoms with E-state index in [1.807, 2.05) is 18.2 Å². The number of rotatable bonds is 3. The molecule has 1 N–H and O–H groups in total. The van der Waals surface area contributed by atoms with E-state index in [1.54, 1.807) is 12.1 Å². The summed E-state index contributed by atoms with van der Waals surface area (Å²) >= 11 is 0. The average molecular weight is 301 g/mol. The SMILES string of the molecule is Cn1c([N+](=O)[O-])nc2c1c(=O)[nH]c(=O)n2Cc1ccccc1. The van der Waals surface area contributed by atoms with Gasteiger partial charge >= 0.3 is 11.6 Å². The Morgan fingerprint density at radius 2 is 1.95 bits per heavy atom. The van der Waals surface area contributed by atoms with Crippen molar-refractivity contribution in [2.75, 3.05) is 0 Å². The van der Waals surface area contributed by atoms with Crippen molar-refractivity contribution in [1.82, 2.24) is 19.1 Å². The van der Waals surface area contributed by atoms with Crippen LogP contribution < -0.4 is 11.2 Å². The molecule has 9 nitrogen and oxygen atoms in total. The Hall–Kier alpha value is -3.23. The Labute approximate surface area is 122 Å². The Kier molecular flexibility index (Phi) is 3.09. The number of H-pyrrole nitrogens is 1. The molecule has 0 aliphatic rings. The molecule has 0 aliphatic carbocycles. The second kappa shape index (κ2) is 4.95. The summed E-state index contributed by atoms with van der Waals surface area (Å²) in [5, 5.41) is 11.0. The Morgan fingerprint density at radius 1 is 1.27 bits per heavy atom. The summed E-state index contributed by atoms with van der Waals surface area (Å²) in [5.74, 6) is -0.493. The quantitative estimate of drug-likeness (QED) is 0.554. The molecule has 0 atom stereocenters. The van der Waals surface area contributed by atoms with Gasteiger partial charge in [0.15, 0.2) is 0 Å². The molecule has 0 saturated heterocycles. The van der Waals surface area contributed by atoms with Gasteiger partial charge in [-0.1, -0.05) is 30.3 Å². The zero-order valence-electron chi connectivity index (χ0n) is 11.5. The molecule has 2 heterocycles. The molecule has 2 aromatic heterocycles. The van der Waals surface area contributed by atoms with Crippen molar-refractivity contribution in [3.05, 3.63) is 66.8 Å². The van der Waals surface area contributed by atoms with Crippen LogP contribution >= 0.6 is 0 Å². The second-order valence-electron chi connectivity index (χ2n) is 4.73. The van der Waals surface area contributed by atoms with E-state index in [-0.39, 0.29) is 17.7 Å². The minimum Gasteiger partial charge on any atom is -0.390 e. The summed E-state index contributed by atoms with van der Waals surface area (Å²) in [6.07, 6.45) is 0. The first-order valence-electron chi connectivity index (χ1n) is 6.37. The normalized spacial score (nSPS) is 11.0. The van der Waals surface area contributed by atoms with E-state index in [1.165, 1.54) is 11.6 Å². The molecule has 112 valence electrons. The number of hydrogen-bond donors (Lipinski definition) is 1. The van der Waals surface area contributed by atoms with Gasteiger partial charge < -0.3 is 10.1 Å². The zero-order valence-corrected chi connectivity index (χ0v) is 11.5. The molecular weight excluding hydrogens is 290 g/mol. The molecule has 0 radical (unpaired) electrons. The summed E-state index contributed by atoms with van der Waals surface area (Å²) in [7, 11) is 1.36. The van der Waals surface area contributed by atoms with E-state index >= 15 is 0 Å². The average Bonchev–Trinajstić information content (AvgIpc) is 2.83. The molecule has 3 aromatic rings. The number of aromatic nitrogens is 4. The van der Waals surface area contributed by atoms with Gasteiger partial charge in [0.25, 0.3) is 11.2 Å². The highest BCUT2D eigenvalue weighted by atomic mass is 16.6. The molecule has 0 aliphatic heterocycles. The summed E-state index contributed by atoms with van der Waals surface area (Å²) in [5.41, 5.74) is -0.568. The van der Waals surface area contributed by atoms with E-state index < -0.39 is 22.1 Å². The van der Waals surface area contributed by atoms with E-state index in [4.69, 9.17) is 0 Å². The van der Waals surface area contributed by atoms with Gasteiger partial charge in [-0.05, 0) is 15.5 Å². The van der Waals surface area contributed by atoms with Gasteiger partial charge in [0.2, 0.25) is 5.52 Å². The van der Waals surface area contributed by atoms with Crippen LogP contribution in [-0.4, -0.2) is 24.0 Å². The lowest BCUT2D eigenvalue weighted by Crippen LogP contribution is -2.31. The fourth-order valence-electron chi connectivity index (χ4n) is 2.31. The third-order valence-electron chi connectivity index (χ3n) is 3.34. The summed E-state index contributed by atoms with van der Waals surface area (Å²) in [6, 6.07) is 9.07. The van der Waals surface area contributed by atoms with Gasteiger partial charge in [0.05, 0.1) is 13.6 Å². The molecule has 0 saturated carbocycles. The monoisotopic (exact) mass is 301 g/mol. The highest BCUT2D eigenvalue weighted by Gasteiger charge is 2.25. The fourth-order valence-corrected chi connectivity index (χ4v) is 2.31. The first-order chi connectivity index (χ1) is 10.5. The van der Waals surface area contributed by atoms with Crippen LogP contribution in [0.2, 0.25) is 0 Å². The molecule has 0 spiro atoms. The molecular formula is C13H11N5O4. The minimum atomic E-state index is -0.701. The molecule has 22 heavy (non-hydrogen) atoms. The number of fused-ring (bicyclic) bond motifs is 1. The Morgan fingerprint density at radius 3 is 2.59 bits per heavy atom. The van der Waals surface area contributed by atoms with E-state index in [2.05, 4.69) is 9.97 Å². The van der Waals surface area contributed by atoms with Crippen molar-refractivity contribution in [3.8, 4) is 0 Å². The van der Waals surface area contributed by atoms with Crippen molar-refractivity contribution in [2.45, 2.75) is 6.54 Å². The summed E-state index contributed by atoms with van der Waals surface area (Å²) in [4.78, 5) is 40.2. The van der Waals surface area contributed by atoms with Gasteiger partial charge in [-0.3, -0.25) is 14.3 Å². The predicted molar refractivity (Wildman–Crippen MR) is 77.8 cm³/mol. The molecule has 0 fully saturated rings. The highest BCUT2D eigenvalue weighted by Crippen LogP contribution is 2.16. The highest BCUT2D eigenvalue weighted by molar-refractivity contribution is 5.72. The van der Waals surface area contributed by atoms with Crippen LogP contribution in [0.15, 0.2) is 39.9 Å². The number of nitrogens with zero attached hydrogens (tertiary/aromatic N) is 4. The molecule has 0 unspecified atom stereocenters. The maximum Gasteiger partial charge on any atom is 0.437 e. The van der Waals surface area contributed by atoms with Crippen LogP contribution in [0.1, 0.15) is 5.56 Å². The van der Waals surface area contributed by atoms with Gasteiger partial charge in [-0.2, -0.15) is 0 Å². The van der Waals surface area contributed by atoms with Crippen LogP contribution in [0, 0.1) is 10.1 Å². The van der Waals surface area contributed by atoms with E-state index in [9.17, 15) is 19.7 Å². The number of aromatic amines is 1. The molecule has 9 heteroatoms. The van der Waals surface area contributed by atoms with Crippen LogP contribution in [0.4, 0.5) is 5.95 Å². The molecule has 3 rings (SSSR count). The predicted octanol–water partition coefficient (Wildman–Crippen LogP) is 0.380. The Balaban J connectivity index is 2.30. The first-order valence-corrected chi connectivity index (χ1v) is 6.37. The van der Waals surface area contributed by atoms with Crippen molar-refractivity contribution in [2.24, 2.45) is 7.05 Å². The molecule has 0 amide bonds. The molecule has 0 bridgehead atoms. The van der Waals surface area contributed by atoms with Crippen LogP contribution in [-0.2, 0) is 13.6 Å². The van der Waals surface area contributed by atoms with Crippen LogP contribution in [0.3, 0.4) is 0 Å². The van der Waals surface area contributed by atoms with E-state index in [0.717, 1.165) is 10.1 Å². The maximum atomic E-state index is 12.0. The van der Waals surface area contributed by atoms with Gasteiger partial charge in [0.1, 0.15) is 0 Å². The standard InChI is InChI=1S/C13H11N5O4/c1-16-9-10(14-12(16)18(21)22)17(13(20)15-11(9)19)7-8-5-3-2-4-6-8/h2-6H,7H2,1H3,(H,15,19,20). The van der Waals surface area contributed by atoms with Crippen molar-refractivity contribution in [1.29, 1.82) is 0 Å². The Bertz CT molecular complexity index is 983. The third-order valence-corrected chi connectivity index (χ3v) is 3.34. The number of imidazole rings is 1. The lowest BCUT2D eigenvalue weighted by Gasteiger charge is -2.04. The van der Waals surface area contributed by atoms with Crippen molar-refractivity contribution < 1.29 is 4.92 Å². The van der Waals surface area contributed by atoms with Crippen LogP contribution in [0.5, 0.6) is 0 Å². The zero-order chi connectivity index (χ0) is 15.9. The third kappa shape index (κ3) is 2.08. The smallest absolute Gasteiger partial charge is 0.390 e.